The third-order valence-electron chi connectivity index (χ3n) is 4.02. The summed E-state index contributed by atoms with van der Waals surface area (Å²) >= 11 is 0. The molecule has 5 nitrogen and oxygen atoms in total. The molecule has 0 aliphatic carbocycles. The lowest BCUT2D eigenvalue weighted by Crippen LogP contribution is -2.35. The van der Waals surface area contributed by atoms with Crippen LogP contribution in [0.15, 0.2) is 59.0 Å². The molecule has 1 heterocycles. The molecule has 0 spiro atoms. The first kappa shape index (κ1) is 17.4. The largest absolute Gasteiger partial charge is 0.437 e. The topological polar surface area (TPSA) is 70.1 Å². The smallest absolute Gasteiger partial charge is 0.247 e. The molecular formula is C21H19N3O2. The Bertz CT molecular complexity index is 945. The summed E-state index contributed by atoms with van der Waals surface area (Å²) in [6, 6.07) is 16.8. The molecule has 130 valence electrons. The number of carbonyl (C=O) groups excluding carboxylic acids is 1. The van der Waals surface area contributed by atoms with Crippen molar-refractivity contribution in [2.45, 2.75) is 26.4 Å². The van der Waals surface area contributed by atoms with Crippen LogP contribution in [-0.4, -0.2) is 21.8 Å². The Balaban J connectivity index is 1.74. The monoisotopic (exact) mass is 345 g/mol. The van der Waals surface area contributed by atoms with Gasteiger partial charge in [-0.25, -0.2) is 4.98 Å². The standard InChI is InChI=1S/C21H19N3O2/c1-15(2)24(14-17-9-7-16(13-22)8-10-17)21(25)12-11-20-23-18-5-3-4-6-19(18)26-20/h3-12,15H,14H2,1-2H3/b12-11+. The van der Waals surface area contributed by atoms with Gasteiger partial charge >= 0.3 is 0 Å². The first-order valence-electron chi connectivity index (χ1n) is 8.40. The molecular weight excluding hydrogens is 326 g/mol. The van der Waals surface area contributed by atoms with Crippen molar-refractivity contribution < 1.29 is 9.21 Å². The number of fused-ring (bicyclic) bond motifs is 1. The Morgan fingerprint density at radius 1 is 1.23 bits per heavy atom. The van der Waals surface area contributed by atoms with Gasteiger partial charge < -0.3 is 9.32 Å². The van der Waals surface area contributed by atoms with E-state index >= 15 is 0 Å². The molecule has 0 radical (unpaired) electrons. The predicted molar refractivity (Wildman–Crippen MR) is 99.9 cm³/mol. The lowest BCUT2D eigenvalue weighted by atomic mass is 10.1. The summed E-state index contributed by atoms with van der Waals surface area (Å²) in [4.78, 5) is 18.7. The summed E-state index contributed by atoms with van der Waals surface area (Å²) in [5.74, 6) is 0.285. The maximum absolute atomic E-state index is 12.6. The number of para-hydroxylation sites is 2. The SMILES string of the molecule is CC(C)N(Cc1ccc(C#N)cc1)C(=O)/C=C/c1nc2ccccc2o1. The highest BCUT2D eigenvalue weighted by atomic mass is 16.3. The Kier molecular flexibility index (Phi) is 5.14. The number of rotatable bonds is 5. The van der Waals surface area contributed by atoms with E-state index in [0.717, 1.165) is 11.1 Å². The van der Waals surface area contributed by atoms with Crippen molar-refractivity contribution in [1.82, 2.24) is 9.88 Å². The van der Waals surface area contributed by atoms with Gasteiger partial charge in [-0.2, -0.15) is 5.26 Å². The fourth-order valence-electron chi connectivity index (χ4n) is 2.60. The van der Waals surface area contributed by atoms with E-state index < -0.39 is 0 Å². The first-order valence-corrected chi connectivity index (χ1v) is 8.40. The third kappa shape index (κ3) is 3.98. The number of benzene rings is 2. The van der Waals surface area contributed by atoms with Gasteiger partial charge in [-0.1, -0.05) is 24.3 Å². The summed E-state index contributed by atoms with van der Waals surface area (Å²) in [7, 11) is 0. The van der Waals surface area contributed by atoms with Gasteiger partial charge in [0.15, 0.2) is 5.58 Å². The van der Waals surface area contributed by atoms with Gasteiger partial charge in [0.1, 0.15) is 5.52 Å². The number of aromatic nitrogens is 1. The third-order valence-corrected chi connectivity index (χ3v) is 4.02. The lowest BCUT2D eigenvalue weighted by Gasteiger charge is -2.25. The second-order valence-electron chi connectivity index (χ2n) is 6.22. The maximum atomic E-state index is 12.6. The molecule has 0 N–H and O–H groups in total. The molecule has 2 aromatic carbocycles. The zero-order chi connectivity index (χ0) is 18.5. The molecule has 1 amide bonds. The van der Waals surface area contributed by atoms with E-state index in [1.165, 1.54) is 6.08 Å². The van der Waals surface area contributed by atoms with Crippen molar-refractivity contribution in [3.05, 3.63) is 71.6 Å². The van der Waals surface area contributed by atoms with Crippen LogP contribution in [0, 0.1) is 11.3 Å². The molecule has 1 aromatic heterocycles. The van der Waals surface area contributed by atoms with Crippen molar-refractivity contribution in [2.75, 3.05) is 0 Å². The minimum Gasteiger partial charge on any atom is -0.437 e. The Morgan fingerprint density at radius 3 is 2.62 bits per heavy atom. The van der Waals surface area contributed by atoms with Gasteiger partial charge in [0.2, 0.25) is 11.8 Å². The predicted octanol–water partition coefficient (Wildman–Crippen LogP) is 4.15. The van der Waals surface area contributed by atoms with Crippen molar-refractivity contribution in [3.8, 4) is 6.07 Å². The number of nitriles is 1. The maximum Gasteiger partial charge on any atom is 0.247 e. The molecule has 0 atom stereocenters. The van der Waals surface area contributed by atoms with Crippen molar-refractivity contribution in [1.29, 1.82) is 5.26 Å². The summed E-state index contributed by atoms with van der Waals surface area (Å²) in [6.45, 7) is 4.41. The highest BCUT2D eigenvalue weighted by molar-refractivity contribution is 5.91. The quantitative estimate of drug-likeness (QED) is 0.651. The Labute approximate surface area is 152 Å². The Morgan fingerprint density at radius 2 is 1.96 bits per heavy atom. The van der Waals surface area contributed by atoms with Crippen LogP contribution in [0.5, 0.6) is 0 Å². The molecule has 26 heavy (non-hydrogen) atoms. The minimum absolute atomic E-state index is 0.0337. The van der Waals surface area contributed by atoms with Crippen LogP contribution in [0.3, 0.4) is 0 Å². The number of oxazole rings is 1. The van der Waals surface area contributed by atoms with Gasteiger partial charge in [-0.15, -0.1) is 0 Å². The van der Waals surface area contributed by atoms with Gasteiger partial charge in [0.25, 0.3) is 0 Å². The van der Waals surface area contributed by atoms with E-state index in [1.807, 2.05) is 50.2 Å². The first-order chi connectivity index (χ1) is 12.6. The summed E-state index contributed by atoms with van der Waals surface area (Å²) in [6.07, 6.45) is 3.07. The molecule has 0 fully saturated rings. The Hall–Kier alpha value is -3.39. The lowest BCUT2D eigenvalue weighted by molar-refractivity contribution is -0.128. The number of hydrogen-bond acceptors (Lipinski definition) is 4. The summed E-state index contributed by atoms with van der Waals surface area (Å²) in [5, 5.41) is 8.88. The minimum atomic E-state index is -0.119. The van der Waals surface area contributed by atoms with Crippen LogP contribution in [0.2, 0.25) is 0 Å². The fraction of sp³-hybridized carbons (Fsp3) is 0.190. The van der Waals surface area contributed by atoms with Gasteiger partial charge in [-0.05, 0) is 43.7 Å². The molecule has 0 saturated heterocycles. The average Bonchev–Trinajstić information content (AvgIpc) is 3.07. The molecule has 3 rings (SSSR count). The van der Waals surface area contributed by atoms with Gasteiger partial charge in [0.05, 0.1) is 11.6 Å². The van der Waals surface area contributed by atoms with Crippen LogP contribution in [0.4, 0.5) is 0 Å². The summed E-state index contributed by atoms with van der Waals surface area (Å²) < 4.78 is 5.60. The van der Waals surface area contributed by atoms with Crippen LogP contribution < -0.4 is 0 Å². The number of hydrogen-bond donors (Lipinski definition) is 0. The molecule has 5 heteroatoms. The second-order valence-corrected chi connectivity index (χ2v) is 6.22. The van der Waals surface area contributed by atoms with Crippen LogP contribution in [0.1, 0.15) is 30.9 Å². The zero-order valence-corrected chi connectivity index (χ0v) is 14.7. The molecule has 0 aliphatic heterocycles. The van der Waals surface area contributed by atoms with E-state index in [0.29, 0.717) is 23.6 Å². The van der Waals surface area contributed by atoms with E-state index in [1.54, 1.807) is 23.1 Å². The van der Waals surface area contributed by atoms with Crippen molar-refractivity contribution in [2.24, 2.45) is 0 Å². The van der Waals surface area contributed by atoms with Crippen LogP contribution >= 0.6 is 0 Å². The number of nitrogens with zero attached hydrogens (tertiary/aromatic N) is 3. The molecule has 0 bridgehead atoms. The average molecular weight is 345 g/mol. The van der Waals surface area contributed by atoms with Crippen LogP contribution in [-0.2, 0) is 11.3 Å². The van der Waals surface area contributed by atoms with Gasteiger partial charge in [-0.3, -0.25) is 4.79 Å². The van der Waals surface area contributed by atoms with E-state index in [4.69, 9.17) is 9.68 Å². The van der Waals surface area contributed by atoms with Crippen molar-refractivity contribution in [3.63, 3.8) is 0 Å². The number of carbonyl (C=O) groups is 1. The van der Waals surface area contributed by atoms with E-state index in [2.05, 4.69) is 11.1 Å². The van der Waals surface area contributed by atoms with E-state index in [9.17, 15) is 4.79 Å². The normalized spacial score (nSPS) is 11.2. The molecule has 0 unspecified atom stereocenters. The highest BCUT2D eigenvalue weighted by Crippen LogP contribution is 2.16. The second kappa shape index (κ2) is 7.66. The molecule has 0 saturated carbocycles. The van der Waals surface area contributed by atoms with E-state index in [-0.39, 0.29) is 11.9 Å². The van der Waals surface area contributed by atoms with Crippen LogP contribution in [0.25, 0.3) is 17.2 Å². The van der Waals surface area contributed by atoms with Gasteiger partial charge in [0, 0.05) is 24.7 Å². The molecule has 0 aliphatic rings. The fourth-order valence-corrected chi connectivity index (χ4v) is 2.60. The molecule has 3 aromatic rings. The zero-order valence-electron chi connectivity index (χ0n) is 14.7. The number of amides is 1. The highest BCUT2D eigenvalue weighted by Gasteiger charge is 2.15. The summed E-state index contributed by atoms with van der Waals surface area (Å²) in [5.41, 5.74) is 3.03. The van der Waals surface area contributed by atoms with Crippen molar-refractivity contribution >= 4 is 23.1 Å².